The zero-order chi connectivity index (χ0) is 19.5. The van der Waals surface area contributed by atoms with Gasteiger partial charge in [-0.15, -0.1) is 0 Å². The lowest BCUT2D eigenvalue weighted by Gasteiger charge is -2.26. The Balaban J connectivity index is 1.62. The molecule has 0 radical (unpaired) electrons. The van der Waals surface area contributed by atoms with Crippen molar-refractivity contribution in [3.63, 3.8) is 0 Å². The third-order valence-corrected chi connectivity index (χ3v) is 5.27. The predicted molar refractivity (Wildman–Crippen MR) is 105 cm³/mol. The van der Waals surface area contributed by atoms with Crippen molar-refractivity contribution in [1.29, 1.82) is 0 Å². The number of fused-ring (bicyclic) bond motifs is 1. The molecule has 6 heteroatoms. The summed E-state index contributed by atoms with van der Waals surface area (Å²) in [6, 6.07) is 11.3. The number of methoxy groups -OCH3 is 2. The summed E-state index contributed by atoms with van der Waals surface area (Å²) < 4.78 is 22.2. The number of carbonyl (C=O) groups is 1. The van der Waals surface area contributed by atoms with E-state index in [1.54, 1.807) is 32.4 Å². The van der Waals surface area contributed by atoms with Crippen LogP contribution in [-0.4, -0.2) is 44.8 Å². The Morgan fingerprint density at radius 3 is 2.39 bits per heavy atom. The fourth-order valence-electron chi connectivity index (χ4n) is 3.84. The van der Waals surface area contributed by atoms with Crippen LogP contribution in [0.3, 0.4) is 0 Å². The normalized spacial score (nSPS) is 18.5. The first kappa shape index (κ1) is 18.5. The number of nitrogens with zero attached hydrogens (tertiary/aromatic N) is 1. The van der Waals surface area contributed by atoms with Gasteiger partial charge >= 0.3 is 0 Å². The predicted octanol–water partition coefficient (Wildman–Crippen LogP) is 3.84. The van der Waals surface area contributed by atoms with E-state index >= 15 is 0 Å². The molecule has 1 amide bonds. The maximum absolute atomic E-state index is 13.3. The fraction of sp³-hybridized carbons (Fsp3) is 0.409. The molecule has 2 aliphatic rings. The van der Waals surface area contributed by atoms with Crippen molar-refractivity contribution < 1.29 is 23.7 Å². The van der Waals surface area contributed by atoms with Crippen molar-refractivity contribution in [3.8, 4) is 23.0 Å². The number of ether oxygens (including phenoxy) is 4. The van der Waals surface area contributed by atoms with Crippen LogP contribution in [0.15, 0.2) is 36.4 Å². The van der Waals surface area contributed by atoms with Gasteiger partial charge in [-0.2, -0.15) is 0 Å². The highest BCUT2D eigenvalue weighted by Crippen LogP contribution is 2.39. The first-order valence-electron chi connectivity index (χ1n) is 9.63. The van der Waals surface area contributed by atoms with Crippen LogP contribution in [0, 0.1) is 0 Å². The van der Waals surface area contributed by atoms with Gasteiger partial charge in [0.05, 0.1) is 33.5 Å². The van der Waals surface area contributed by atoms with E-state index in [1.165, 1.54) is 0 Å². The Morgan fingerprint density at radius 1 is 0.964 bits per heavy atom. The zero-order valence-corrected chi connectivity index (χ0v) is 16.3. The van der Waals surface area contributed by atoms with E-state index in [0.29, 0.717) is 30.3 Å². The van der Waals surface area contributed by atoms with Crippen molar-refractivity contribution in [1.82, 2.24) is 4.90 Å². The Hall–Kier alpha value is -2.89. The SMILES string of the molecule is COc1cc(OC)cc(C(=O)N2CCC[C@@H]2c2ccc3c(c2)OCCCO3)c1. The molecule has 28 heavy (non-hydrogen) atoms. The van der Waals surface area contributed by atoms with Crippen molar-refractivity contribution >= 4 is 5.91 Å². The minimum atomic E-state index is -0.0215. The van der Waals surface area contributed by atoms with Gasteiger partial charge < -0.3 is 23.8 Å². The number of benzene rings is 2. The Morgan fingerprint density at radius 2 is 1.68 bits per heavy atom. The molecule has 0 bridgehead atoms. The maximum atomic E-state index is 13.3. The van der Waals surface area contributed by atoms with Gasteiger partial charge in [0.15, 0.2) is 11.5 Å². The smallest absolute Gasteiger partial charge is 0.254 e. The van der Waals surface area contributed by atoms with Crippen LogP contribution in [0.1, 0.15) is 41.2 Å². The van der Waals surface area contributed by atoms with E-state index in [2.05, 4.69) is 0 Å². The van der Waals surface area contributed by atoms with Crippen LogP contribution in [-0.2, 0) is 0 Å². The third-order valence-electron chi connectivity index (χ3n) is 5.27. The summed E-state index contributed by atoms with van der Waals surface area (Å²) in [5.74, 6) is 2.72. The second-order valence-corrected chi connectivity index (χ2v) is 7.01. The summed E-state index contributed by atoms with van der Waals surface area (Å²) in [7, 11) is 3.17. The lowest BCUT2D eigenvalue weighted by Crippen LogP contribution is -2.30. The molecule has 0 aliphatic carbocycles. The van der Waals surface area contributed by atoms with E-state index in [4.69, 9.17) is 18.9 Å². The molecule has 4 rings (SSSR count). The molecule has 1 atom stereocenters. The molecule has 1 fully saturated rings. The second kappa shape index (κ2) is 8.00. The van der Waals surface area contributed by atoms with Crippen LogP contribution in [0.25, 0.3) is 0 Å². The van der Waals surface area contributed by atoms with Crippen LogP contribution >= 0.6 is 0 Å². The van der Waals surface area contributed by atoms with E-state index in [-0.39, 0.29) is 11.9 Å². The van der Waals surface area contributed by atoms with Crippen LogP contribution in [0.5, 0.6) is 23.0 Å². The van der Waals surface area contributed by atoms with Crippen molar-refractivity contribution in [2.24, 2.45) is 0 Å². The van der Waals surface area contributed by atoms with Gasteiger partial charge in [-0.25, -0.2) is 0 Å². The molecule has 0 saturated carbocycles. The number of carbonyl (C=O) groups excluding carboxylic acids is 1. The number of hydrogen-bond donors (Lipinski definition) is 0. The first-order valence-corrected chi connectivity index (χ1v) is 9.63. The minimum absolute atomic E-state index is 0.0156. The fourth-order valence-corrected chi connectivity index (χ4v) is 3.84. The summed E-state index contributed by atoms with van der Waals surface area (Å²) in [6.45, 7) is 2.03. The van der Waals surface area contributed by atoms with Crippen molar-refractivity contribution in [3.05, 3.63) is 47.5 Å². The molecule has 2 aliphatic heterocycles. The Labute approximate surface area is 165 Å². The van der Waals surface area contributed by atoms with E-state index < -0.39 is 0 Å². The van der Waals surface area contributed by atoms with E-state index in [0.717, 1.165) is 42.9 Å². The van der Waals surface area contributed by atoms with Crippen molar-refractivity contribution in [2.75, 3.05) is 34.0 Å². The highest BCUT2D eigenvalue weighted by molar-refractivity contribution is 5.95. The van der Waals surface area contributed by atoms with Gasteiger partial charge in [-0.05, 0) is 42.7 Å². The minimum Gasteiger partial charge on any atom is -0.497 e. The molecule has 2 aromatic carbocycles. The molecule has 6 nitrogen and oxygen atoms in total. The van der Waals surface area contributed by atoms with E-state index in [1.807, 2.05) is 23.1 Å². The zero-order valence-electron chi connectivity index (χ0n) is 16.3. The second-order valence-electron chi connectivity index (χ2n) is 7.01. The topological polar surface area (TPSA) is 57.2 Å². The average Bonchev–Trinajstić information content (AvgIpc) is 3.11. The Bertz CT molecular complexity index is 844. The largest absolute Gasteiger partial charge is 0.497 e. The Kier molecular flexibility index (Phi) is 5.28. The molecule has 0 spiro atoms. The quantitative estimate of drug-likeness (QED) is 0.803. The van der Waals surface area contributed by atoms with Gasteiger partial charge in [0, 0.05) is 24.6 Å². The van der Waals surface area contributed by atoms with Gasteiger partial charge in [0.1, 0.15) is 11.5 Å². The number of likely N-dealkylation sites (tertiary alicyclic amines) is 1. The van der Waals surface area contributed by atoms with Gasteiger partial charge in [-0.1, -0.05) is 6.07 Å². The lowest BCUT2D eigenvalue weighted by atomic mass is 10.0. The van der Waals surface area contributed by atoms with Crippen molar-refractivity contribution in [2.45, 2.75) is 25.3 Å². The van der Waals surface area contributed by atoms with Crippen LogP contribution in [0.4, 0.5) is 0 Å². The van der Waals surface area contributed by atoms with Gasteiger partial charge in [0.2, 0.25) is 0 Å². The summed E-state index contributed by atoms with van der Waals surface area (Å²) >= 11 is 0. The highest BCUT2D eigenvalue weighted by atomic mass is 16.5. The van der Waals surface area contributed by atoms with Crippen LogP contribution in [0.2, 0.25) is 0 Å². The van der Waals surface area contributed by atoms with Gasteiger partial charge in [0.25, 0.3) is 5.91 Å². The van der Waals surface area contributed by atoms with E-state index in [9.17, 15) is 4.79 Å². The molecule has 2 aromatic rings. The summed E-state index contributed by atoms with van der Waals surface area (Å²) in [4.78, 5) is 15.2. The molecule has 0 aromatic heterocycles. The standard InChI is InChI=1S/C22H25NO5/c1-25-17-11-16(12-18(14-17)26-2)22(24)23-8-3-5-19(23)15-6-7-20-21(13-15)28-10-4-9-27-20/h6-7,11-14,19H,3-5,8-10H2,1-2H3/t19-/m1/s1. The summed E-state index contributed by atoms with van der Waals surface area (Å²) in [5.41, 5.74) is 1.64. The average molecular weight is 383 g/mol. The van der Waals surface area contributed by atoms with Gasteiger partial charge in [-0.3, -0.25) is 4.79 Å². The first-order chi connectivity index (χ1) is 13.7. The molecule has 0 N–H and O–H groups in total. The monoisotopic (exact) mass is 383 g/mol. The number of hydrogen-bond acceptors (Lipinski definition) is 5. The lowest BCUT2D eigenvalue weighted by molar-refractivity contribution is 0.0734. The molecular formula is C22H25NO5. The molecule has 1 saturated heterocycles. The third kappa shape index (κ3) is 3.59. The summed E-state index contributed by atoms with van der Waals surface area (Å²) in [6.07, 6.45) is 2.76. The number of amides is 1. The summed E-state index contributed by atoms with van der Waals surface area (Å²) in [5, 5.41) is 0. The molecular weight excluding hydrogens is 358 g/mol. The number of rotatable bonds is 4. The molecule has 0 unspecified atom stereocenters. The molecule has 2 heterocycles. The van der Waals surface area contributed by atoms with Crippen LogP contribution < -0.4 is 18.9 Å². The molecule has 148 valence electrons. The highest BCUT2D eigenvalue weighted by Gasteiger charge is 2.31. The maximum Gasteiger partial charge on any atom is 0.254 e.